The quantitative estimate of drug-likeness (QED) is 0.703. The van der Waals surface area contributed by atoms with Crippen LogP contribution in [0.15, 0.2) is 30.3 Å². The van der Waals surface area contributed by atoms with Crippen LogP contribution in [0.4, 0.5) is 0 Å². The first-order chi connectivity index (χ1) is 11.8. The molecule has 0 saturated heterocycles. The summed E-state index contributed by atoms with van der Waals surface area (Å²) in [7, 11) is -3.43. The van der Waals surface area contributed by atoms with E-state index in [1.54, 1.807) is 30.3 Å². The van der Waals surface area contributed by atoms with Gasteiger partial charge >= 0.3 is 0 Å². The molecule has 0 atom stereocenters. The van der Waals surface area contributed by atoms with Crippen LogP contribution in [0.1, 0.15) is 17.5 Å². The molecule has 1 aliphatic heterocycles. The minimum atomic E-state index is -3.43. The number of benzene rings is 2. The second kappa shape index (κ2) is 7.62. The predicted octanol–water partition coefficient (Wildman–Crippen LogP) is 4.92. The molecule has 0 bridgehead atoms. The lowest BCUT2D eigenvalue weighted by Crippen LogP contribution is -2.08. The van der Waals surface area contributed by atoms with Gasteiger partial charge in [-0.05, 0) is 35.4 Å². The maximum atomic E-state index is 12.5. The maximum absolute atomic E-state index is 12.5. The molecule has 134 valence electrons. The molecule has 3 rings (SSSR count). The summed E-state index contributed by atoms with van der Waals surface area (Å²) in [6.45, 7) is 1.02. The molecule has 0 spiro atoms. The summed E-state index contributed by atoms with van der Waals surface area (Å²) in [4.78, 5) is 0. The van der Waals surface area contributed by atoms with Crippen LogP contribution in [0, 0.1) is 0 Å². The number of fused-ring (bicyclic) bond motifs is 1. The highest BCUT2D eigenvalue weighted by Gasteiger charge is 2.19. The van der Waals surface area contributed by atoms with Crippen LogP contribution in [0.3, 0.4) is 0 Å². The Kier molecular flexibility index (Phi) is 5.68. The lowest BCUT2D eigenvalue weighted by atomic mass is 10.2. The molecule has 8 heteroatoms. The van der Waals surface area contributed by atoms with Crippen molar-refractivity contribution in [3.63, 3.8) is 0 Å². The van der Waals surface area contributed by atoms with Crippen molar-refractivity contribution >= 4 is 44.6 Å². The summed E-state index contributed by atoms with van der Waals surface area (Å²) in [5, 5.41) is 1.06. The van der Waals surface area contributed by atoms with E-state index in [4.69, 9.17) is 44.3 Å². The number of rotatable bonds is 4. The largest absolute Gasteiger partial charge is 0.489 e. The Bertz CT molecular complexity index is 897. The van der Waals surface area contributed by atoms with Crippen LogP contribution < -0.4 is 9.47 Å². The average molecular weight is 422 g/mol. The molecule has 2 aromatic carbocycles. The van der Waals surface area contributed by atoms with Crippen molar-refractivity contribution in [2.45, 2.75) is 17.9 Å². The van der Waals surface area contributed by atoms with Gasteiger partial charge in [-0.1, -0.05) is 40.9 Å². The Morgan fingerprint density at radius 3 is 2.28 bits per heavy atom. The molecule has 2 aromatic rings. The molecule has 0 unspecified atom stereocenters. The van der Waals surface area contributed by atoms with E-state index in [-0.39, 0.29) is 11.5 Å². The zero-order valence-electron chi connectivity index (χ0n) is 13.1. The van der Waals surface area contributed by atoms with Crippen molar-refractivity contribution in [2.24, 2.45) is 0 Å². The van der Waals surface area contributed by atoms with E-state index in [1.807, 2.05) is 0 Å². The fourth-order valence-corrected chi connectivity index (χ4v) is 4.63. The van der Waals surface area contributed by atoms with Gasteiger partial charge in [0, 0.05) is 6.42 Å². The Hall–Kier alpha value is -1.14. The number of hydrogen-bond donors (Lipinski definition) is 0. The van der Waals surface area contributed by atoms with Gasteiger partial charge in [0.25, 0.3) is 0 Å². The van der Waals surface area contributed by atoms with Crippen molar-refractivity contribution in [1.29, 1.82) is 0 Å². The van der Waals surface area contributed by atoms with Crippen molar-refractivity contribution in [1.82, 2.24) is 0 Å². The first-order valence-electron chi connectivity index (χ1n) is 7.56. The van der Waals surface area contributed by atoms with Crippen molar-refractivity contribution < 1.29 is 17.9 Å². The topological polar surface area (TPSA) is 52.6 Å². The Labute approximate surface area is 161 Å². The molecule has 0 N–H and O–H groups in total. The third-order valence-electron chi connectivity index (χ3n) is 3.62. The highest BCUT2D eigenvalue weighted by Crippen LogP contribution is 2.38. The average Bonchev–Trinajstić information content (AvgIpc) is 2.76. The van der Waals surface area contributed by atoms with Crippen molar-refractivity contribution in [3.05, 3.63) is 56.5 Å². The Balaban J connectivity index is 1.82. The van der Waals surface area contributed by atoms with Crippen LogP contribution in [-0.4, -0.2) is 21.6 Å². The van der Waals surface area contributed by atoms with E-state index in [9.17, 15) is 8.42 Å². The van der Waals surface area contributed by atoms with E-state index >= 15 is 0 Å². The predicted molar refractivity (Wildman–Crippen MR) is 99.8 cm³/mol. The first-order valence-corrected chi connectivity index (χ1v) is 10.5. The lowest BCUT2D eigenvalue weighted by Gasteiger charge is -2.12. The first kappa shape index (κ1) is 18.6. The Morgan fingerprint density at radius 2 is 1.52 bits per heavy atom. The van der Waals surface area contributed by atoms with E-state index < -0.39 is 9.84 Å². The molecule has 0 amide bonds. The number of sulfone groups is 1. The molecule has 0 radical (unpaired) electrons. The summed E-state index contributed by atoms with van der Waals surface area (Å²) in [5.74, 6) is 0.633. The summed E-state index contributed by atoms with van der Waals surface area (Å²) >= 11 is 18.0. The highest BCUT2D eigenvalue weighted by atomic mass is 35.5. The monoisotopic (exact) mass is 420 g/mol. The maximum Gasteiger partial charge on any atom is 0.179 e. The van der Waals surface area contributed by atoms with Gasteiger partial charge < -0.3 is 9.47 Å². The van der Waals surface area contributed by atoms with E-state index in [0.29, 0.717) is 50.9 Å². The van der Waals surface area contributed by atoms with Crippen LogP contribution in [0.25, 0.3) is 0 Å². The van der Waals surface area contributed by atoms with Gasteiger partial charge in [0.2, 0.25) is 0 Å². The van der Waals surface area contributed by atoms with Crippen molar-refractivity contribution in [3.8, 4) is 11.5 Å². The van der Waals surface area contributed by atoms with Crippen LogP contribution >= 0.6 is 34.8 Å². The van der Waals surface area contributed by atoms with Gasteiger partial charge in [0.1, 0.15) is 0 Å². The molecule has 0 fully saturated rings. The highest BCUT2D eigenvalue weighted by molar-refractivity contribution is 7.89. The molecule has 0 aliphatic carbocycles. The Morgan fingerprint density at radius 1 is 0.840 bits per heavy atom. The van der Waals surface area contributed by atoms with Gasteiger partial charge in [-0.15, -0.1) is 0 Å². The van der Waals surface area contributed by atoms with Gasteiger partial charge in [-0.3, -0.25) is 0 Å². The van der Waals surface area contributed by atoms with Crippen LogP contribution in [-0.2, 0) is 21.3 Å². The SMILES string of the molecule is O=S(=O)(Cc1ccc(Cl)c(Cl)c1)Cc1cc(Cl)c2c(c1)OCCCO2. The van der Waals surface area contributed by atoms with Crippen LogP contribution in [0.5, 0.6) is 11.5 Å². The third-order valence-corrected chi connectivity index (χ3v) is 6.19. The summed E-state index contributed by atoms with van der Waals surface area (Å²) in [6, 6.07) is 8.05. The lowest BCUT2D eigenvalue weighted by molar-refractivity contribution is 0.297. The summed E-state index contributed by atoms with van der Waals surface area (Å²) < 4.78 is 36.2. The van der Waals surface area contributed by atoms with Gasteiger partial charge in [-0.2, -0.15) is 0 Å². The van der Waals surface area contributed by atoms with E-state index in [1.165, 1.54) is 0 Å². The molecule has 1 aliphatic rings. The second-order valence-corrected chi connectivity index (χ2v) is 9.02. The fourth-order valence-electron chi connectivity index (χ4n) is 2.56. The molecule has 25 heavy (non-hydrogen) atoms. The third kappa shape index (κ3) is 4.73. The molecule has 0 aromatic heterocycles. The standard InChI is InChI=1S/C17H15Cl3O4S/c18-13-3-2-11(6-14(13)19)9-25(21,22)10-12-7-15(20)17-16(8-12)23-4-1-5-24-17/h2-3,6-8H,1,4-5,9-10H2. The van der Waals surface area contributed by atoms with Gasteiger partial charge in [0.15, 0.2) is 21.3 Å². The van der Waals surface area contributed by atoms with Gasteiger partial charge in [-0.25, -0.2) is 8.42 Å². The second-order valence-electron chi connectivity index (χ2n) is 5.74. The molecular weight excluding hydrogens is 407 g/mol. The molecule has 0 saturated carbocycles. The van der Waals surface area contributed by atoms with Crippen LogP contribution in [0.2, 0.25) is 15.1 Å². The van der Waals surface area contributed by atoms with E-state index in [2.05, 4.69) is 0 Å². The minimum Gasteiger partial charge on any atom is -0.489 e. The number of ether oxygens (including phenoxy) is 2. The normalized spacial score (nSPS) is 14.2. The zero-order valence-corrected chi connectivity index (χ0v) is 16.2. The zero-order chi connectivity index (χ0) is 18.0. The molecule has 1 heterocycles. The van der Waals surface area contributed by atoms with E-state index in [0.717, 1.165) is 6.42 Å². The number of halogens is 3. The number of hydrogen-bond acceptors (Lipinski definition) is 4. The fraction of sp³-hybridized carbons (Fsp3) is 0.294. The van der Waals surface area contributed by atoms with Crippen molar-refractivity contribution in [2.75, 3.05) is 13.2 Å². The minimum absolute atomic E-state index is 0.143. The summed E-state index contributed by atoms with van der Waals surface area (Å²) in [6.07, 6.45) is 0.746. The molecule has 4 nitrogen and oxygen atoms in total. The summed E-state index contributed by atoms with van der Waals surface area (Å²) in [5.41, 5.74) is 1.13. The molecular formula is C17H15Cl3O4S. The smallest absolute Gasteiger partial charge is 0.179 e. The van der Waals surface area contributed by atoms with Gasteiger partial charge in [0.05, 0.1) is 39.8 Å².